The number of aromatic nitrogens is 1. The smallest absolute Gasteiger partial charge is 0.250 e. The van der Waals surface area contributed by atoms with Crippen molar-refractivity contribution in [3.05, 3.63) is 47.7 Å². The molecular formula is C20H27N3O3. The third-order valence-electron chi connectivity index (χ3n) is 3.84. The number of rotatable bonds is 8. The van der Waals surface area contributed by atoms with E-state index in [9.17, 15) is 4.79 Å². The summed E-state index contributed by atoms with van der Waals surface area (Å²) in [6.07, 6.45) is 2.50. The molecule has 0 spiro atoms. The van der Waals surface area contributed by atoms with E-state index in [1.807, 2.05) is 18.2 Å². The van der Waals surface area contributed by atoms with Gasteiger partial charge in [-0.05, 0) is 42.1 Å². The lowest BCUT2D eigenvalue weighted by Gasteiger charge is -2.18. The van der Waals surface area contributed by atoms with E-state index in [1.54, 1.807) is 19.2 Å². The highest BCUT2D eigenvalue weighted by Gasteiger charge is 2.11. The van der Waals surface area contributed by atoms with Crippen molar-refractivity contribution in [1.82, 2.24) is 10.3 Å². The van der Waals surface area contributed by atoms with Crippen molar-refractivity contribution < 1.29 is 14.3 Å². The first-order valence-electron chi connectivity index (χ1n) is 8.60. The Balaban J connectivity index is 2.00. The molecule has 1 amide bonds. The van der Waals surface area contributed by atoms with Crippen molar-refractivity contribution in [2.75, 3.05) is 13.7 Å². The first-order chi connectivity index (χ1) is 12.3. The van der Waals surface area contributed by atoms with Crippen molar-refractivity contribution in [2.45, 2.75) is 33.7 Å². The third kappa shape index (κ3) is 6.04. The van der Waals surface area contributed by atoms with Gasteiger partial charge < -0.3 is 20.5 Å². The Hall–Kier alpha value is -2.60. The summed E-state index contributed by atoms with van der Waals surface area (Å²) in [5, 5.41) is 3.44. The first-order valence-corrected chi connectivity index (χ1v) is 8.60. The van der Waals surface area contributed by atoms with Gasteiger partial charge in [0.1, 0.15) is 0 Å². The molecule has 0 aliphatic carbocycles. The van der Waals surface area contributed by atoms with Gasteiger partial charge in [0.25, 0.3) is 0 Å². The molecule has 0 saturated carbocycles. The lowest BCUT2D eigenvalue weighted by molar-refractivity contribution is 0.1000. The van der Waals surface area contributed by atoms with Crippen LogP contribution in [0.3, 0.4) is 0 Å². The zero-order valence-electron chi connectivity index (χ0n) is 15.8. The maximum atomic E-state index is 11.1. The number of ether oxygens (including phenoxy) is 2. The molecule has 0 bridgehead atoms. The number of hydrogen-bond donors (Lipinski definition) is 2. The van der Waals surface area contributed by atoms with Gasteiger partial charge in [-0.2, -0.15) is 0 Å². The van der Waals surface area contributed by atoms with E-state index in [0.29, 0.717) is 28.4 Å². The van der Waals surface area contributed by atoms with E-state index in [1.165, 1.54) is 6.20 Å². The number of nitrogens with zero attached hydrogens (tertiary/aromatic N) is 1. The van der Waals surface area contributed by atoms with Gasteiger partial charge >= 0.3 is 0 Å². The molecule has 140 valence electrons. The summed E-state index contributed by atoms with van der Waals surface area (Å²) in [5.41, 5.74) is 6.97. The zero-order valence-corrected chi connectivity index (χ0v) is 15.8. The summed E-state index contributed by atoms with van der Waals surface area (Å²) in [6.45, 7) is 8.41. The van der Waals surface area contributed by atoms with E-state index in [0.717, 1.165) is 25.1 Å². The molecule has 0 saturated heterocycles. The minimum absolute atomic E-state index is 0.319. The number of carbonyl (C=O) groups excluding carboxylic acids is 1. The number of amides is 1. The Morgan fingerprint density at radius 2 is 1.96 bits per heavy atom. The number of pyridine rings is 1. The van der Waals surface area contributed by atoms with Gasteiger partial charge in [0.2, 0.25) is 11.8 Å². The van der Waals surface area contributed by atoms with Crippen LogP contribution < -0.4 is 20.5 Å². The first kappa shape index (κ1) is 19.7. The molecule has 1 heterocycles. The minimum atomic E-state index is -0.523. The van der Waals surface area contributed by atoms with E-state index >= 15 is 0 Å². The molecular weight excluding hydrogens is 330 g/mol. The summed E-state index contributed by atoms with van der Waals surface area (Å²) in [4.78, 5) is 15.2. The molecule has 0 aliphatic rings. The quantitative estimate of drug-likeness (QED) is 0.706. The van der Waals surface area contributed by atoms with Crippen LogP contribution in [0.2, 0.25) is 0 Å². The Labute approximate surface area is 154 Å². The Bertz CT molecular complexity index is 737. The monoisotopic (exact) mass is 357 g/mol. The van der Waals surface area contributed by atoms with Crippen molar-refractivity contribution >= 4 is 5.91 Å². The number of hydrogen-bond acceptors (Lipinski definition) is 5. The summed E-state index contributed by atoms with van der Waals surface area (Å²) in [5.74, 6) is 1.03. The molecule has 0 aliphatic heterocycles. The Kier molecular flexibility index (Phi) is 6.58. The molecule has 2 rings (SSSR count). The van der Waals surface area contributed by atoms with Crippen molar-refractivity contribution in [2.24, 2.45) is 11.1 Å². The zero-order chi connectivity index (χ0) is 19.2. The second-order valence-electron chi connectivity index (χ2n) is 7.32. The predicted octanol–water partition coefficient (Wildman–Crippen LogP) is 3.51. The highest BCUT2D eigenvalue weighted by Crippen LogP contribution is 2.31. The van der Waals surface area contributed by atoms with Crippen molar-refractivity contribution in [3.8, 4) is 17.4 Å². The third-order valence-corrected chi connectivity index (χ3v) is 3.84. The number of methoxy groups -OCH3 is 1. The lowest BCUT2D eigenvalue weighted by Crippen LogP contribution is -2.20. The van der Waals surface area contributed by atoms with Crippen LogP contribution in [0.15, 0.2) is 36.5 Å². The second kappa shape index (κ2) is 8.67. The minimum Gasteiger partial charge on any atom is -0.493 e. The lowest BCUT2D eigenvalue weighted by atomic mass is 9.92. The molecule has 6 heteroatoms. The van der Waals surface area contributed by atoms with Crippen LogP contribution >= 0.6 is 0 Å². The molecule has 1 aromatic carbocycles. The largest absolute Gasteiger partial charge is 0.493 e. The summed E-state index contributed by atoms with van der Waals surface area (Å²) < 4.78 is 11.2. The maximum Gasteiger partial charge on any atom is 0.250 e. The SMILES string of the molecule is COc1cc(CNCCC(C)(C)C)ccc1Oc1ccc(C(N)=O)cn1. The fourth-order valence-corrected chi connectivity index (χ4v) is 2.30. The predicted molar refractivity (Wildman–Crippen MR) is 102 cm³/mol. The van der Waals surface area contributed by atoms with Crippen LogP contribution in [0.5, 0.6) is 17.4 Å². The van der Waals surface area contributed by atoms with Gasteiger partial charge in [0, 0.05) is 18.8 Å². The molecule has 3 N–H and O–H groups in total. The van der Waals surface area contributed by atoms with Gasteiger partial charge in [-0.25, -0.2) is 4.98 Å². The van der Waals surface area contributed by atoms with Crippen LogP contribution in [0.25, 0.3) is 0 Å². The summed E-state index contributed by atoms with van der Waals surface area (Å²) in [7, 11) is 1.60. The van der Waals surface area contributed by atoms with Crippen molar-refractivity contribution in [3.63, 3.8) is 0 Å². The fourth-order valence-electron chi connectivity index (χ4n) is 2.30. The number of nitrogens with two attached hydrogens (primary N) is 1. The average Bonchev–Trinajstić information content (AvgIpc) is 2.59. The molecule has 0 radical (unpaired) electrons. The van der Waals surface area contributed by atoms with E-state index in [-0.39, 0.29) is 0 Å². The molecule has 2 aromatic rings. The van der Waals surface area contributed by atoms with E-state index < -0.39 is 5.91 Å². The maximum absolute atomic E-state index is 11.1. The molecule has 0 fully saturated rings. The van der Waals surface area contributed by atoms with Gasteiger partial charge in [-0.1, -0.05) is 26.8 Å². The Morgan fingerprint density at radius 1 is 1.19 bits per heavy atom. The number of carbonyl (C=O) groups is 1. The Morgan fingerprint density at radius 3 is 2.54 bits per heavy atom. The van der Waals surface area contributed by atoms with Crippen LogP contribution in [-0.4, -0.2) is 24.5 Å². The van der Waals surface area contributed by atoms with Gasteiger partial charge in [0.15, 0.2) is 11.5 Å². The molecule has 0 atom stereocenters. The topological polar surface area (TPSA) is 86.5 Å². The van der Waals surface area contributed by atoms with Crippen LogP contribution in [0, 0.1) is 5.41 Å². The standard InChI is InChI=1S/C20H27N3O3/c1-20(2,3)9-10-22-12-14-5-7-16(17(11-14)25-4)26-18-8-6-15(13-23-18)19(21)24/h5-8,11,13,22H,9-10,12H2,1-4H3,(H2,21,24). The highest BCUT2D eigenvalue weighted by molar-refractivity contribution is 5.92. The van der Waals surface area contributed by atoms with Crippen LogP contribution in [-0.2, 0) is 6.54 Å². The molecule has 6 nitrogen and oxygen atoms in total. The highest BCUT2D eigenvalue weighted by atomic mass is 16.5. The average molecular weight is 357 g/mol. The number of nitrogens with one attached hydrogen (secondary N) is 1. The van der Waals surface area contributed by atoms with E-state index in [2.05, 4.69) is 31.1 Å². The molecule has 26 heavy (non-hydrogen) atoms. The van der Waals surface area contributed by atoms with E-state index in [4.69, 9.17) is 15.2 Å². The summed E-state index contributed by atoms with van der Waals surface area (Å²) >= 11 is 0. The van der Waals surface area contributed by atoms with Crippen LogP contribution in [0.1, 0.15) is 43.1 Å². The van der Waals surface area contributed by atoms with Gasteiger partial charge in [0.05, 0.1) is 12.7 Å². The van der Waals surface area contributed by atoms with Crippen LogP contribution in [0.4, 0.5) is 0 Å². The van der Waals surface area contributed by atoms with Gasteiger partial charge in [-0.3, -0.25) is 4.79 Å². The summed E-state index contributed by atoms with van der Waals surface area (Å²) in [6, 6.07) is 8.95. The molecule has 0 unspecified atom stereocenters. The fraction of sp³-hybridized carbons (Fsp3) is 0.400. The number of benzene rings is 1. The number of primary amides is 1. The van der Waals surface area contributed by atoms with Gasteiger partial charge in [-0.15, -0.1) is 0 Å². The van der Waals surface area contributed by atoms with Crippen molar-refractivity contribution in [1.29, 1.82) is 0 Å². The second-order valence-corrected chi connectivity index (χ2v) is 7.32. The normalized spacial score (nSPS) is 11.2. The molecule has 1 aromatic heterocycles.